The van der Waals surface area contributed by atoms with Crippen LogP contribution in [0.1, 0.15) is 23.3 Å². The zero-order valence-electron chi connectivity index (χ0n) is 10.1. The first kappa shape index (κ1) is 14.7. The number of halogens is 2. The SMILES string of the molecule is CN(C)CCn1ncc(Br)c1C(=O)CCCCl. The molecule has 0 fully saturated rings. The largest absolute Gasteiger partial charge is 0.308 e. The molecule has 4 nitrogen and oxygen atoms in total. The van der Waals surface area contributed by atoms with Gasteiger partial charge in [0.2, 0.25) is 0 Å². The topological polar surface area (TPSA) is 38.1 Å². The van der Waals surface area contributed by atoms with Gasteiger partial charge in [0.05, 0.1) is 17.2 Å². The maximum absolute atomic E-state index is 12.0. The van der Waals surface area contributed by atoms with Crippen LogP contribution >= 0.6 is 27.5 Å². The van der Waals surface area contributed by atoms with Gasteiger partial charge in [-0.3, -0.25) is 9.48 Å². The van der Waals surface area contributed by atoms with E-state index in [9.17, 15) is 4.79 Å². The van der Waals surface area contributed by atoms with Crippen molar-refractivity contribution in [3.63, 3.8) is 0 Å². The Morgan fingerprint density at radius 3 is 2.88 bits per heavy atom. The zero-order valence-corrected chi connectivity index (χ0v) is 12.5. The molecule has 0 radical (unpaired) electrons. The van der Waals surface area contributed by atoms with Gasteiger partial charge in [-0.2, -0.15) is 5.10 Å². The summed E-state index contributed by atoms with van der Waals surface area (Å²) in [7, 11) is 3.99. The Kier molecular flexibility index (Phi) is 6.16. The molecule has 0 aliphatic carbocycles. The van der Waals surface area contributed by atoms with Gasteiger partial charge in [-0.15, -0.1) is 11.6 Å². The van der Waals surface area contributed by atoms with Gasteiger partial charge in [0, 0.05) is 18.8 Å². The van der Waals surface area contributed by atoms with E-state index in [4.69, 9.17) is 11.6 Å². The van der Waals surface area contributed by atoms with Crippen molar-refractivity contribution in [3.8, 4) is 0 Å². The van der Waals surface area contributed by atoms with Crippen LogP contribution in [0.15, 0.2) is 10.7 Å². The normalized spacial score (nSPS) is 11.1. The quantitative estimate of drug-likeness (QED) is 0.571. The minimum Gasteiger partial charge on any atom is -0.308 e. The third-order valence-electron chi connectivity index (χ3n) is 2.36. The van der Waals surface area contributed by atoms with Crippen molar-refractivity contribution >= 4 is 33.3 Å². The summed E-state index contributed by atoms with van der Waals surface area (Å²) in [6.07, 6.45) is 2.84. The Labute approximate surface area is 115 Å². The van der Waals surface area contributed by atoms with Crippen LogP contribution in [0.5, 0.6) is 0 Å². The maximum atomic E-state index is 12.0. The summed E-state index contributed by atoms with van der Waals surface area (Å²) in [4.78, 5) is 14.0. The molecule has 1 rings (SSSR count). The van der Waals surface area contributed by atoms with Crippen LogP contribution in [-0.4, -0.2) is 47.0 Å². The predicted molar refractivity (Wildman–Crippen MR) is 72.8 cm³/mol. The number of aromatic nitrogens is 2. The van der Waals surface area contributed by atoms with Gasteiger partial charge in [-0.25, -0.2) is 0 Å². The summed E-state index contributed by atoms with van der Waals surface area (Å²) in [5.41, 5.74) is 0.650. The van der Waals surface area contributed by atoms with Crippen molar-refractivity contribution in [3.05, 3.63) is 16.4 Å². The molecule has 0 unspecified atom stereocenters. The van der Waals surface area contributed by atoms with E-state index in [1.54, 1.807) is 10.9 Å². The number of likely N-dealkylation sites (N-methyl/N-ethyl adjacent to an activating group) is 1. The average molecular weight is 323 g/mol. The monoisotopic (exact) mass is 321 g/mol. The number of alkyl halides is 1. The number of rotatable bonds is 7. The number of carbonyl (C=O) groups is 1. The fourth-order valence-corrected chi connectivity index (χ4v) is 2.10. The number of hydrogen-bond acceptors (Lipinski definition) is 3. The molecule has 1 heterocycles. The van der Waals surface area contributed by atoms with Gasteiger partial charge in [-0.05, 0) is 36.4 Å². The van der Waals surface area contributed by atoms with Crippen molar-refractivity contribution in [2.75, 3.05) is 26.5 Å². The van der Waals surface area contributed by atoms with Crippen LogP contribution in [0.25, 0.3) is 0 Å². The number of hydrogen-bond donors (Lipinski definition) is 0. The van der Waals surface area contributed by atoms with Crippen LogP contribution in [0, 0.1) is 0 Å². The Morgan fingerprint density at radius 1 is 1.59 bits per heavy atom. The van der Waals surface area contributed by atoms with Crippen LogP contribution in [0.2, 0.25) is 0 Å². The summed E-state index contributed by atoms with van der Waals surface area (Å²) in [6.45, 7) is 1.56. The lowest BCUT2D eigenvalue weighted by atomic mass is 10.2. The van der Waals surface area contributed by atoms with Gasteiger partial charge < -0.3 is 4.90 Å². The lowest BCUT2D eigenvalue weighted by molar-refractivity contribution is 0.0970. The molecule has 0 bridgehead atoms. The molecule has 0 aliphatic rings. The third-order valence-corrected chi connectivity index (χ3v) is 3.20. The summed E-state index contributed by atoms with van der Waals surface area (Å²) < 4.78 is 2.51. The number of nitrogens with zero attached hydrogens (tertiary/aromatic N) is 3. The second-order valence-corrected chi connectivity index (χ2v) is 5.32. The van der Waals surface area contributed by atoms with Crippen LogP contribution < -0.4 is 0 Å². The highest BCUT2D eigenvalue weighted by atomic mass is 79.9. The van der Waals surface area contributed by atoms with Crippen molar-refractivity contribution in [1.82, 2.24) is 14.7 Å². The van der Waals surface area contributed by atoms with Crippen LogP contribution in [-0.2, 0) is 6.54 Å². The fraction of sp³-hybridized carbons (Fsp3) is 0.636. The van der Waals surface area contributed by atoms with Crippen molar-refractivity contribution in [2.45, 2.75) is 19.4 Å². The summed E-state index contributed by atoms with van der Waals surface area (Å²) in [6, 6.07) is 0. The molecule has 0 N–H and O–H groups in total. The second kappa shape index (κ2) is 7.13. The van der Waals surface area contributed by atoms with E-state index < -0.39 is 0 Å². The fourth-order valence-electron chi connectivity index (χ4n) is 1.45. The minimum absolute atomic E-state index is 0.0915. The molecule has 0 aliphatic heterocycles. The molecule has 1 aromatic rings. The molecule has 17 heavy (non-hydrogen) atoms. The first-order chi connectivity index (χ1) is 8.06. The van der Waals surface area contributed by atoms with Crippen LogP contribution in [0.4, 0.5) is 0 Å². The molecule has 0 saturated heterocycles. The van der Waals surface area contributed by atoms with Crippen molar-refractivity contribution in [1.29, 1.82) is 0 Å². The van der Waals surface area contributed by atoms with E-state index >= 15 is 0 Å². The number of ketones is 1. The van der Waals surface area contributed by atoms with E-state index in [-0.39, 0.29) is 5.78 Å². The number of carbonyl (C=O) groups excluding carboxylic acids is 1. The summed E-state index contributed by atoms with van der Waals surface area (Å²) in [5.74, 6) is 0.601. The molecular weight excluding hydrogens is 305 g/mol. The van der Waals surface area contributed by atoms with Gasteiger partial charge in [0.25, 0.3) is 0 Å². The third kappa shape index (κ3) is 4.41. The van der Waals surface area contributed by atoms with E-state index in [2.05, 4.69) is 25.9 Å². The Hall–Kier alpha value is -0.390. The van der Waals surface area contributed by atoms with Crippen LogP contribution in [0.3, 0.4) is 0 Å². The zero-order chi connectivity index (χ0) is 12.8. The highest BCUT2D eigenvalue weighted by Crippen LogP contribution is 2.18. The highest BCUT2D eigenvalue weighted by molar-refractivity contribution is 9.10. The standard InChI is InChI=1S/C11H17BrClN3O/c1-15(2)6-7-16-11(9(12)8-14-16)10(17)4-3-5-13/h8H,3-7H2,1-2H3. The minimum atomic E-state index is 0.0915. The maximum Gasteiger partial charge on any atom is 0.182 e. The Balaban J connectivity index is 2.75. The Morgan fingerprint density at radius 2 is 2.29 bits per heavy atom. The molecule has 0 atom stereocenters. The highest BCUT2D eigenvalue weighted by Gasteiger charge is 2.16. The molecule has 0 amide bonds. The molecular formula is C11H17BrClN3O. The van der Waals surface area contributed by atoms with Gasteiger partial charge in [-0.1, -0.05) is 0 Å². The lowest BCUT2D eigenvalue weighted by Gasteiger charge is -2.11. The summed E-state index contributed by atoms with van der Waals surface area (Å²) in [5, 5.41) is 4.21. The molecule has 1 aromatic heterocycles. The van der Waals surface area contributed by atoms with E-state index in [1.807, 2.05) is 14.1 Å². The molecule has 96 valence electrons. The van der Waals surface area contributed by atoms with E-state index in [0.717, 1.165) is 11.0 Å². The smallest absolute Gasteiger partial charge is 0.182 e. The molecule has 0 spiro atoms. The summed E-state index contributed by atoms with van der Waals surface area (Å²) >= 11 is 8.96. The van der Waals surface area contributed by atoms with E-state index in [0.29, 0.717) is 31.0 Å². The average Bonchev–Trinajstić information content (AvgIpc) is 2.64. The second-order valence-electron chi connectivity index (χ2n) is 4.08. The first-order valence-corrected chi connectivity index (χ1v) is 6.84. The molecule has 0 aromatic carbocycles. The van der Waals surface area contributed by atoms with Gasteiger partial charge in [0.1, 0.15) is 5.69 Å². The number of Topliss-reactive ketones (excluding diaryl/α,β-unsaturated/α-hetero) is 1. The molecule has 6 heteroatoms. The predicted octanol–water partition coefficient (Wildman–Crippen LogP) is 2.41. The molecule has 0 saturated carbocycles. The lowest BCUT2D eigenvalue weighted by Crippen LogP contribution is -2.21. The first-order valence-electron chi connectivity index (χ1n) is 5.51. The Bertz CT molecular complexity index is 379. The van der Waals surface area contributed by atoms with E-state index in [1.165, 1.54) is 0 Å². The van der Waals surface area contributed by atoms with Crippen molar-refractivity contribution < 1.29 is 4.79 Å². The van der Waals surface area contributed by atoms with Crippen molar-refractivity contribution in [2.24, 2.45) is 0 Å². The van der Waals surface area contributed by atoms with Gasteiger partial charge in [0.15, 0.2) is 5.78 Å². The van der Waals surface area contributed by atoms with Gasteiger partial charge >= 0.3 is 0 Å².